The molecule has 0 aliphatic heterocycles. The van der Waals surface area contributed by atoms with Crippen LogP contribution >= 0.6 is 0 Å². The Labute approximate surface area is 642 Å². The van der Waals surface area contributed by atoms with Crippen LogP contribution in [0.3, 0.4) is 0 Å². The predicted octanol–water partition coefficient (Wildman–Crippen LogP) is 26.4. The minimum absolute atomic E-state index is 0.566. The zero-order valence-electron chi connectivity index (χ0n) is 60.2. The molecule has 0 amide bonds. The fourth-order valence-corrected chi connectivity index (χ4v) is 16.6. The molecule has 0 atom stereocenters. The summed E-state index contributed by atoms with van der Waals surface area (Å²) in [5, 5.41) is 9.02. The van der Waals surface area contributed by atoms with Gasteiger partial charge in [-0.05, 0) is 153 Å². The Kier molecular flexibility index (Phi) is 15.0. The van der Waals surface area contributed by atoms with Gasteiger partial charge < -0.3 is 18.0 Å². The topological polar surface area (TPSA) is 113 Å². The molecule has 0 aliphatic rings. The van der Waals surface area contributed by atoms with Gasteiger partial charge in [-0.1, -0.05) is 279 Å². The molecule has 0 bridgehead atoms. The Morgan fingerprint density at radius 3 is 1.15 bits per heavy atom. The lowest BCUT2D eigenvalue weighted by Crippen LogP contribution is -2.01. The average molecular weight is 1430 g/mol. The first-order valence-corrected chi connectivity index (χ1v) is 37.6. The van der Waals surface area contributed by atoms with E-state index in [1.165, 1.54) is 10.8 Å². The highest BCUT2D eigenvalue weighted by atomic mass is 16.3. The summed E-state index contributed by atoms with van der Waals surface area (Å²) in [5.41, 5.74) is 26.0. The predicted molar refractivity (Wildman–Crippen MR) is 456 cm³/mol. The molecule has 6 aromatic heterocycles. The molecule has 10 heteroatoms. The minimum Gasteiger partial charge on any atom is -0.456 e. The van der Waals surface area contributed by atoms with Crippen molar-refractivity contribution in [1.82, 2.24) is 39.0 Å². The summed E-state index contributed by atoms with van der Waals surface area (Å²) in [6, 6.07) is 132. The van der Waals surface area contributed by atoms with Crippen LogP contribution in [-0.2, 0) is 0 Å². The number of hydrogen-bond acceptors (Lipinski definition) is 8. The van der Waals surface area contributed by atoms with Crippen LogP contribution in [0, 0.1) is 0 Å². The maximum absolute atomic E-state index is 6.81. The fraction of sp³-hybridized carbons (Fsp3) is 0. The van der Waals surface area contributed by atoms with Gasteiger partial charge in [0, 0.05) is 87.8 Å². The van der Waals surface area contributed by atoms with E-state index in [9.17, 15) is 0 Å². The Morgan fingerprint density at radius 1 is 0.170 bits per heavy atom. The van der Waals surface area contributed by atoms with E-state index in [1.54, 1.807) is 0 Å². The van der Waals surface area contributed by atoms with Crippen LogP contribution in [-0.4, -0.2) is 39.0 Å². The smallest absolute Gasteiger partial charge is 0.164 e. The van der Waals surface area contributed by atoms with Gasteiger partial charge in [-0.2, -0.15) is 0 Å². The van der Waals surface area contributed by atoms with Gasteiger partial charge in [-0.3, -0.25) is 0 Å². The monoisotopic (exact) mass is 1430 g/mol. The summed E-state index contributed by atoms with van der Waals surface area (Å²) < 4.78 is 17.9. The molecule has 0 N–H and O–H groups in total. The van der Waals surface area contributed by atoms with Crippen molar-refractivity contribution >= 4 is 87.5 Å². The molecule has 0 saturated carbocycles. The maximum atomic E-state index is 6.81. The number of furan rings is 2. The van der Waals surface area contributed by atoms with Gasteiger partial charge in [0.05, 0.1) is 22.1 Å². The SMILES string of the molecule is c1ccc(-c2nc(-c3ccccc3)nc(-c3cccc(-c4ccc(-n5c6ccccc6c6cc(-c7cc(-c8ccc(-c9nc(-c%10ccccc%10)nc(-c%10ccccc%10-c%10cccc(-n%11c%12ccccc%12c%12cc(-c%13cccc%14oc%15ccccc%15c%13%14)ccc%12%11)c%10)n9)cc8)cc8oc9ccccc9c78)ccc65)cc4)c3)n2)cc1. The second-order valence-electron chi connectivity index (χ2n) is 28.5. The van der Waals surface area contributed by atoms with Gasteiger partial charge in [0.15, 0.2) is 34.9 Å². The van der Waals surface area contributed by atoms with Crippen molar-refractivity contribution in [2.24, 2.45) is 0 Å². The molecule has 0 aliphatic carbocycles. The van der Waals surface area contributed by atoms with Gasteiger partial charge in [-0.15, -0.1) is 0 Å². The number of aromatic nitrogens is 8. The standard InChI is InChI=1S/C102H62N8O2/c1-4-23-65(24-5-1)97-103-98(66-25-6-2-7-26-66)106-101(105-97)73-31-20-29-69(57-73)63-49-53-75(54-50-63)109-87-40-16-12-34-79(87)86-60-72(52-56-89(86)109)84-61-74(62-94-96(84)83-38-15-19-43-92(83)112-94)64-45-47-68(48-46-64)100-104-99(67-27-8-3-9-28-67)107-102(108-100)81-36-11-10-33-77(81)70-30-21-32-76(58-70)110-88-41-17-13-35-80(88)85-59-71(51-55-90(85)110)78-39-22-44-93-95(78)82-37-14-18-42-91(82)111-93/h1-62H. The molecule has 522 valence electrons. The first kappa shape index (κ1) is 64.0. The van der Waals surface area contributed by atoms with Gasteiger partial charge >= 0.3 is 0 Å². The summed E-state index contributed by atoms with van der Waals surface area (Å²) >= 11 is 0. The number of hydrogen-bond donors (Lipinski definition) is 0. The minimum atomic E-state index is 0.566. The normalized spacial score (nSPS) is 11.8. The van der Waals surface area contributed by atoms with E-state index in [1.807, 2.05) is 97.1 Å². The van der Waals surface area contributed by atoms with Gasteiger partial charge in [0.2, 0.25) is 0 Å². The molecule has 0 spiro atoms. The molecular weight excluding hydrogens is 1370 g/mol. The molecule has 22 rings (SSSR count). The lowest BCUT2D eigenvalue weighted by molar-refractivity contribution is 0.668. The van der Waals surface area contributed by atoms with Crippen LogP contribution in [0.25, 0.3) is 223 Å². The zero-order chi connectivity index (χ0) is 73.7. The van der Waals surface area contributed by atoms with Crippen molar-refractivity contribution in [3.63, 3.8) is 0 Å². The highest BCUT2D eigenvalue weighted by Gasteiger charge is 2.24. The molecule has 6 heterocycles. The lowest BCUT2D eigenvalue weighted by Gasteiger charge is -2.14. The first-order chi connectivity index (χ1) is 55.5. The fourth-order valence-electron chi connectivity index (χ4n) is 16.6. The van der Waals surface area contributed by atoms with Crippen LogP contribution in [0.4, 0.5) is 0 Å². The molecule has 112 heavy (non-hydrogen) atoms. The summed E-state index contributed by atoms with van der Waals surface area (Å²) in [4.78, 5) is 30.9. The van der Waals surface area contributed by atoms with Gasteiger partial charge in [-0.25, -0.2) is 29.9 Å². The second-order valence-corrected chi connectivity index (χ2v) is 28.5. The Balaban J connectivity index is 0.597. The van der Waals surface area contributed by atoms with E-state index in [4.69, 9.17) is 38.7 Å². The molecule has 0 unspecified atom stereocenters. The average Bonchev–Trinajstić information content (AvgIpc) is 1.64. The highest BCUT2D eigenvalue weighted by molar-refractivity contribution is 6.18. The molecule has 22 aromatic rings. The Hall–Kier alpha value is -15.3. The third kappa shape index (κ3) is 10.9. The largest absolute Gasteiger partial charge is 0.456 e. The third-order valence-electron chi connectivity index (χ3n) is 21.9. The highest BCUT2D eigenvalue weighted by Crippen LogP contribution is 2.46. The first-order valence-electron chi connectivity index (χ1n) is 37.6. The van der Waals surface area contributed by atoms with Crippen molar-refractivity contribution < 1.29 is 8.83 Å². The van der Waals surface area contributed by atoms with Crippen LogP contribution in [0.5, 0.6) is 0 Å². The molecule has 0 fully saturated rings. The van der Waals surface area contributed by atoms with E-state index in [0.29, 0.717) is 34.9 Å². The van der Waals surface area contributed by atoms with Crippen molar-refractivity contribution in [3.05, 3.63) is 376 Å². The number of benzene rings is 16. The number of rotatable bonds is 13. The molecule has 10 nitrogen and oxygen atoms in total. The van der Waals surface area contributed by atoms with Gasteiger partial charge in [0.1, 0.15) is 22.3 Å². The Bertz CT molecular complexity index is 7430. The van der Waals surface area contributed by atoms with E-state index in [2.05, 4.69) is 288 Å². The van der Waals surface area contributed by atoms with Gasteiger partial charge in [0.25, 0.3) is 0 Å². The quantitative estimate of drug-likeness (QED) is 0.112. The van der Waals surface area contributed by atoms with Crippen LogP contribution in [0.2, 0.25) is 0 Å². The van der Waals surface area contributed by atoms with Crippen LogP contribution in [0.1, 0.15) is 0 Å². The number of para-hydroxylation sites is 4. The Morgan fingerprint density at radius 2 is 0.545 bits per heavy atom. The van der Waals surface area contributed by atoms with Crippen molar-refractivity contribution in [2.75, 3.05) is 0 Å². The van der Waals surface area contributed by atoms with Crippen molar-refractivity contribution in [3.8, 4) is 135 Å². The summed E-state index contributed by atoms with van der Waals surface area (Å²) in [6.07, 6.45) is 0. The van der Waals surface area contributed by atoms with E-state index in [0.717, 1.165) is 177 Å². The zero-order valence-corrected chi connectivity index (χ0v) is 60.2. The second kappa shape index (κ2) is 26.3. The third-order valence-corrected chi connectivity index (χ3v) is 21.9. The number of nitrogens with zero attached hydrogens (tertiary/aromatic N) is 8. The van der Waals surface area contributed by atoms with Crippen molar-refractivity contribution in [1.29, 1.82) is 0 Å². The summed E-state index contributed by atoms with van der Waals surface area (Å²) in [7, 11) is 0. The van der Waals surface area contributed by atoms with Crippen molar-refractivity contribution in [2.45, 2.75) is 0 Å². The van der Waals surface area contributed by atoms with E-state index < -0.39 is 0 Å². The summed E-state index contributed by atoms with van der Waals surface area (Å²) in [6.45, 7) is 0. The van der Waals surface area contributed by atoms with Crippen LogP contribution < -0.4 is 0 Å². The van der Waals surface area contributed by atoms with Crippen LogP contribution in [0.15, 0.2) is 385 Å². The molecule has 0 saturated heterocycles. The summed E-state index contributed by atoms with van der Waals surface area (Å²) in [5.74, 6) is 3.59. The molecular formula is C102H62N8O2. The molecule has 0 radical (unpaired) electrons. The maximum Gasteiger partial charge on any atom is 0.164 e. The van der Waals surface area contributed by atoms with E-state index in [-0.39, 0.29) is 0 Å². The lowest BCUT2D eigenvalue weighted by atomic mass is 9.93. The molecule has 16 aromatic carbocycles. The van der Waals surface area contributed by atoms with E-state index >= 15 is 0 Å². The number of fused-ring (bicyclic) bond motifs is 12.